The van der Waals surface area contributed by atoms with Crippen LogP contribution >= 0.6 is 22.7 Å². The molecule has 6 aromatic heterocycles. The minimum atomic E-state index is 0.971. The second-order valence-electron chi connectivity index (χ2n) is 16.9. The van der Waals surface area contributed by atoms with Gasteiger partial charge >= 0.3 is 0 Å². The summed E-state index contributed by atoms with van der Waals surface area (Å²) in [4.78, 5) is 6.35. The minimum Gasteiger partial charge on any atom is -0.315 e. The van der Waals surface area contributed by atoms with E-state index >= 15 is 0 Å². The third-order valence-electron chi connectivity index (χ3n) is 13.2. The van der Waals surface area contributed by atoms with Gasteiger partial charge in [0.25, 0.3) is 0 Å². The number of para-hydroxylation sites is 3. The molecule has 0 unspecified atom stereocenters. The number of fused-ring (bicyclic) bond motifs is 13. The predicted molar refractivity (Wildman–Crippen MR) is 277 cm³/mol. The number of hydrogen-bond acceptors (Lipinski definition) is 3. The lowest BCUT2D eigenvalue weighted by Crippen LogP contribution is -1.92. The van der Waals surface area contributed by atoms with Crippen LogP contribution in [0.15, 0.2) is 182 Å². The van der Waals surface area contributed by atoms with Gasteiger partial charge in [0.2, 0.25) is 0 Å². The van der Waals surface area contributed by atoms with Gasteiger partial charge in [-0.15, -0.1) is 22.7 Å². The first-order valence-corrected chi connectivity index (χ1v) is 24.0. The van der Waals surface area contributed by atoms with Gasteiger partial charge in [0.1, 0.15) is 10.6 Å². The van der Waals surface area contributed by atoms with Crippen molar-refractivity contribution in [2.24, 2.45) is 0 Å². The molecule has 0 spiro atoms. The van der Waals surface area contributed by atoms with E-state index in [0.717, 1.165) is 28.0 Å². The average molecular weight is 859 g/mol. The molecule has 13 aromatic rings. The maximum absolute atomic E-state index is 5.12. The summed E-state index contributed by atoms with van der Waals surface area (Å²) in [5.41, 5.74) is 11.9. The number of pyridine rings is 1. The Morgan fingerprint density at radius 3 is 2.19 bits per heavy atom. The van der Waals surface area contributed by atoms with Crippen molar-refractivity contribution in [2.45, 2.75) is 32.6 Å². The third-order valence-corrected chi connectivity index (χ3v) is 15.4. The Morgan fingerprint density at radius 2 is 1.27 bits per heavy atom. The summed E-state index contributed by atoms with van der Waals surface area (Å²) in [5, 5.41) is 11.2. The molecule has 4 nitrogen and oxygen atoms in total. The van der Waals surface area contributed by atoms with Crippen LogP contribution in [0.4, 0.5) is 0 Å². The van der Waals surface area contributed by atoms with Crippen molar-refractivity contribution in [3.8, 4) is 32.3 Å². The first kappa shape index (κ1) is 37.3. The summed E-state index contributed by atoms with van der Waals surface area (Å²) >= 11 is 3.70. The van der Waals surface area contributed by atoms with Gasteiger partial charge in [0, 0.05) is 81.0 Å². The lowest BCUT2D eigenvalue weighted by Gasteiger charge is -2.09. The van der Waals surface area contributed by atoms with Crippen LogP contribution in [0.5, 0.6) is 0 Å². The second-order valence-corrected chi connectivity index (χ2v) is 19.0. The van der Waals surface area contributed by atoms with Gasteiger partial charge in [-0.2, -0.15) is 0 Å². The number of thiophene rings is 2. The Hall–Kier alpha value is -7.25. The number of rotatable bonds is 9. The van der Waals surface area contributed by atoms with Gasteiger partial charge in [-0.25, -0.2) is 4.98 Å². The molecule has 0 amide bonds. The fourth-order valence-corrected chi connectivity index (χ4v) is 12.4. The van der Waals surface area contributed by atoms with Crippen LogP contribution in [0.3, 0.4) is 0 Å². The first-order valence-electron chi connectivity index (χ1n) is 22.4. The normalized spacial score (nSPS) is 12.3. The summed E-state index contributed by atoms with van der Waals surface area (Å²) in [6, 6.07) is 62.7. The highest BCUT2D eigenvalue weighted by Gasteiger charge is 2.23. The summed E-state index contributed by atoms with van der Waals surface area (Å²) in [7, 11) is 0. The number of benzene rings is 7. The van der Waals surface area contributed by atoms with Crippen molar-refractivity contribution in [2.75, 3.05) is 0 Å². The molecule has 0 radical (unpaired) electrons. The number of hydrogen-bond donors (Lipinski definition) is 0. The summed E-state index contributed by atoms with van der Waals surface area (Å²) in [6.07, 6.45) is 11.3. The maximum atomic E-state index is 5.12. The molecule has 13 rings (SSSR count). The zero-order valence-electron chi connectivity index (χ0n) is 35.3. The Kier molecular flexibility index (Phi) is 8.71. The van der Waals surface area contributed by atoms with E-state index in [2.05, 4.69) is 203 Å². The van der Waals surface area contributed by atoms with E-state index in [0.29, 0.717) is 0 Å². The van der Waals surface area contributed by atoms with E-state index in [1.165, 1.54) is 116 Å². The summed E-state index contributed by atoms with van der Waals surface area (Å²) in [5.74, 6) is 0. The summed E-state index contributed by atoms with van der Waals surface area (Å²) in [6.45, 7) is 2.28. The zero-order chi connectivity index (χ0) is 42.3. The molecule has 7 aromatic carbocycles. The third kappa shape index (κ3) is 5.69. The van der Waals surface area contributed by atoms with E-state index in [4.69, 9.17) is 4.98 Å². The van der Waals surface area contributed by atoms with Crippen LogP contribution in [0.2, 0.25) is 0 Å². The van der Waals surface area contributed by atoms with Gasteiger partial charge in [0.05, 0.1) is 27.6 Å². The van der Waals surface area contributed by atoms with Gasteiger partial charge in [0.15, 0.2) is 0 Å². The topological polar surface area (TPSA) is 27.7 Å². The van der Waals surface area contributed by atoms with Crippen molar-refractivity contribution in [1.82, 2.24) is 18.7 Å². The maximum Gasteiger partial charge on any atom is 0.146 e. The van der Waals surface area contributed by atoms with Gasteiger partial charge in [-0.05, 0) is 103 Å². The molecule has 0 aliphatic carbocycles. The minimum absolute atomic E-state index is 0.971. The molecule has 0 N–H and O–H groups in total. The molecule has 6 heteroatoms. The molecule has 0 saturated carbocycles. The standard InChI is InChI=1S/C58H42N4S2/c1-2-3-4-5-13-34-60-56-40(37-26-30-53-47(35-37)42-19-10-12-24-52(42)63-53)20-14-21-43(56)44-27-29-50-55(57(44)60)45-22-15-33-59-58(45)62(50)54-32-31-51(64-54)38-25-28-49-46(36-38)41-18-9-11-23-48(41)61(49)39-16-7-6-8-17-39/h6-36H,2-5H2,1H3. The van der Waals surface area contributed by atoms with Crippen LogP contribution in [-0.4, -0.2) is 18.7 Å². The SMILES string of the molecule is CCCCCC=Cn1c2c(-c3ccc4sc5ccccc5c4c3)cccc2c2ccc3c(c4cccnc4n3-c3ccc(-c4ccc5c(c4)c4ccccc4n5-c4ccccc4)s3)c21. The van der Waals surface area contributed by atoms with E-state index < -0.39 is 0 Å². The lowest BCUT2D eigenvalue weighted by atomic mass is 10.00. The molecule has 0 saturated heterocycles. The molecule has 306 valence electrons. The smallest absolute Gasteiger partial charge is 0.146 e. The summed E-state index contributed by atoms with van der Waals surface area (Å²) < 4.78 is 9.92. The largest absolute Gasteiger partial charge is 0.315 e. The molecule has 0 fully saturated rings. The van der Waals surface area contributed by atoms with Gasteiger partial charge in [-0.1, -0.05) is 117 Å². The van der Waals surface area contributed by atoms with Gasteiger partial charge in [-0.3, -0.25) is 4.57 Å². The molecule has 0 bridgehead atoms. The van der Waals surface area contributed by atoms with E-state index in [1.807, 2.05) is 28.9 Å². The Morgan fingerprint density at radius 1 is 0.516 bits per heavy atom. The van der Waals surface area contributed by atoms with E-state index in [-0.39, 0.29) is 0 Å². The average Bonchev–Trinajstić information content (AvgIpc) is 4.17. The van der Waals surface area contributed by atoms with E-state index in [1.54, 1.807) is 0 Å². The molecule has 0 aliphatic rings. The number of unbranched alkanes of at least 4 members (excludes halogenated alkanes) is 3. The number of aromatic nitrogens is 4. The van der Waals surface area contributed by atoms with Crippen molar-refractivity contribution < 1.29 is 0 Å². The molecule has 64 heavy (non-hydrogen) atoms. The highest BCUT2D eigenvalue weighted by Crippen LogP contribution is 2.46. The number of allylic oxidation sites excluding steroid dienone is 1. The van der Waals surface area contributed by atoms with Crippen LogP contribution in [0.1, 0.15) is 32.6 Å². The quantitative estimate of drug-likeness (QED) is 0.133. The van der Waals surface area contributed by atoms with Gasteiger partial charge < -0.3 is 9.13 Å². The van der Waals surface area contributed by atoms with Crippen LogP contribution in [-0.2, 0) is 0 Å². The molecular weight excluding hydrogens is 817 g/mol. The zero-order valence-corrected chi connectivity index (χ0v) is 37.0. The van der Waals surface area contributed by atoms with Crippen LogP contribution in [0.25, 0.3) is 124 Å². The Labute approximate surface area is 378 Å². The van der Waals surface area contributed by atoms with Crippen molar-refractivity contribution >= 4 is 115 Å². The fraction of sp³-hybridized carbons (Fsp3) is 0.0862. The van der Waals surface area contributed by atoms with Crippen LogP contribution < -0.4 is 0 Å². The van der Waals surface area contributed by atoms with Crippen molar-refractivity contribution in [3.05, 3.63) is 182 Å². The number of nitrogens with zero attached hydrogens (tertiary/aromatic N) is 4. The highest BCUT2D eigenvalue weighted by molar-refractivity contribution is 7.25. The lowest BCUT2D eigenvalue weighted by molar-refractivity contribution is 0.729. The predicted octanol–water partition coefficient (Wildman–Crippen LogP) is 17.2. The monoisotopic (exact) mass is 858 g/mol. The molecule has 6 heterocycles. The fourth-order valence-electron chi connectivity index (χ4n) is 10.3. The Bertz CT molecular complexity index is 3980. The van der Waals surface area contributed by atoms with Crippen molar-refractivity contribution in [1.29, 1.82) is 0 Å². The van der Waals surface area contributed by atoms with Crippen molar-refractivity contribution in [3.63, 3.8) is 0 Å². The molecular formula is C58H42N4S2. The first-order chi connectivity index (χ1) is 31.7. The van der Waals surface area contributed by atoms with E-state index in [9.17, 15) is 0 Å². The highest BCUT2D eigenvalue weighted by atomic mass is 32.1. The molecule has 0 atom stereocenters. The second kappa shape index (κ2) is 14.9. The molecule has 0 aliphatic heterocycles. The Balaban J connectivity index is 1.01. The van der Waals surface area contributed by atoms with Crippen LogP contribution in [0, 0.1) is 0 Å².